The van der Waals surface area contributed by atoms with E-state index in [1.165, 1.54) is 55.2 Å². The molecule has 0 aliphatic rings. The van der Waals surface area contributed by atoms with Gasteiger partial charge in [0.05, 0.1) is 5.69 Å². The summed E-state index contributed by atoms with van der Waals surface area (Å²) in [6, 6.07) is 17.7. The smallest absolute Gasteiger partial charge is 0.0503 e. The number of aromatic nitrogens is 1. The second-order valence-corrected chi connectivity index (χ2v) is 7.65. The van der Waals surface area contributed by atoms with Crippen molar-refractivity contribution in [2.75, 3.05) is 6.54 Å². The summed E-state index contributed by atoms with van der Waals surface area (Å²) in [5.41, 5.74) is 15.0. The first-order chi connectivity index (χ1) is 13.1. The summed E-state index contributed by atoms with van der Waals surface area (Å²) in [4.78, 5) is 3.80. The minimum atomic E-state index is 0.753. The molecule has 3 N–H and O–H groups in total. The van der Waals surface area contributed by atoms with Crippen LogP contribution in [0, 0.1) is 20.8 Å². The van der Waals surface area contributed by atoms with Crippen molar-refractivity contribution in [1.82, 2.24) is 4.98 Å². The Labute approximate surface area is 161 Å². The molecule has 0 bridgehead atoms. The maximum Gasteiger partial charge on any atom is 0.0503 e. The van der Waals surface area contributed by atoms with Gasteiger partial charge in [0, 0.05) is 16.5 Å². The minimum absolute atomic E-state index is 0.753. The third kappa shape index (κ3) is 3.04. The van der Waals surface area contributed by atoms with Crippen LogP contribution in [0.3, 0.4) is 0 Å². The highest BCUT2D eigenvalue weighted by atomic mass is 14.7. The summed E-state index contributed by atoms with van der Waals surface area (Å²) in [6.07, 6.45) is 3.23. The van der Waals surface area contributed by atoms with Crippen LogP contribution in [0.5, 0.6) is 0 Å². The van der Waals surface area contributed by atoms with Gasteiger partial charge in [-0.05, 0) is 79.6 Å². The maximum absolute atomic E-state index is 5.77. The third-order valence-corrected chi connectivity index (χ3v) is 5.77. The van der Waals surface area contributed by atoms with Crippen molar-refractivity contribution in [3.8, 4) is 11.3 Å². The van der Waals surface area contributed by atoms with Crippen LogP contribution in [0.1, 0.15) is 35.1 Å². The predicted molar refractivity (Wildman–Crippen MR) is 117 cm³/mol. The molecular weight excluding hydrogens is 328 g/mol. The van der Waals surface area contributed by atoms with Gasteiger partial charge in [-0.3, -0.25) is 0 Å². The van der Waals surface area contributed by atoms with Gasteiger partial charge in [0.15, 0.2) is 0 Å². The second-order valence-electron chi connectivity index (χ2n) is 7.65. The lowest BCUT2D eigenvalue weighted by Crippen LogP contribution is -1.99. The van der Waals surface area contributed by atoms with Gasteiger partial charge in [0.1, 0.15) is 0 Å². The number of hydrogen-bond donors (Lipinski definition) is 2. The number of hydrogen-bond acceptors (Lipinski definition) is 1. The molecule has 138 valence electrons. The van der Waals surface area contributed by atoms with Crippen LogP contribution in [0.15, 0.2) is 48.5 Å². The number of H-pyrrole nitrogens is 1. The molecule has 1 heterocycles. The number of nitrogens with one attached hydrogen (secondary N) is 1. The van der Waals surface area contributed by atoms with Crippen LogP contribution >= 0.6 is 0 Å². The lowest BCUT2D eigenvalue weighted by atomic mass is 9.93. The Bertz CT molecular complexity index is 1120. The summed E-state index contributed by atoms with van der Waals surface area (Å²) in [5.74, 6) is 0. The highest BCUT2D eigenvalue weighted by Crippen LogP contribution is 2.38. The third-order valence-electron chi connectivity index (χ3n) is 5.77. The lowest BCUT2D eigenvalue weighted by molar-refractivity contribution is 0.748. The molecule has 4 aromatic rings. The van der Waals surface area contributed by atoms with Gasteiger partial charge in [-0.2, -0.15) is 0 Å². The molecule has 0 aliphatic heterocycles. The standard InChI is InChI=1S/C25H28N2/c1-16-13-14-21(20-9-5-4-8-19(16)20)25-22(10-6-7-15-26)23-17(2)11-12-18(3)24(23)27-25/h4-5,8-9,11-14,27H,6-7,10,15,26H2,1-3H3. The molecule has 0 unspecified atom stereocenters. The molecule has 27 heavy (non-hydrogen) atoms. The van der Waals surface area contributed by atoms with Gasteiger partial charge < -0.3 is 10.7 Å². The van der Waals surface area contributed by atoms with Crippen molar-refractivity contribution in [3.63, 3.8) is 0 Å². The van der Waals surface area contributed by atoms with Crippen LogP contribution in [0.2, 0.25) is 0 Å². The van der Waals surface area contributed by atoms with E-state index in [1.807, 2.05) is 0 Å². The number of fused-ring (bicyclic) bond motifs is 2. The summed E-state index contributed by atoms with van der Waals surface area (Å²) in [7, 11) is 0. The van der Waals surface area contributed by atoms with Gasteiger partial charge in [0.2, 0.25) is 0 Å². The minimum Gasteiger partial charge on any atom is -0.354 e. The Morgan fingerprint density at radius 1 is 0.778 bits per heavy atom. The predicted octanol–water partition coefficient (Wildman–Crippen LogP) is 6.19. The molecule has 4 rings (SSSR count). The SMILES string of the molecule is Cc1ccc(-c2[nH]c3c(C)ccc(C)c3c2CCCCN)c2ccccc12. The quantitative estimate of drug-likeness (QED) is 0.411. The molecule has 0 spiro atoms. The molecule has 0 amide bonds. The number of aryl methyl sites for hydroxylation is 4. The zero-order chi connectivity index (χ0) is 19.0. The Hall–Kier alpha value is -2.58. The number of benzene rings is 3. The highest BCUT2D eigenvalue weighted by molar-refractivity contribution is 6.03. The molecule has 0 radical (unpaired) electrons. The molecule has 0 atom stereocenters. The molecule has 2 heteroatoms. The van der Waals surface area contributed by atoms with E-state index >= 15 is 0 Å². The van der Waals surface area contributed by atoms with E-state index in [-0.39, 0.29) is 0 Å². The molecule has 0 aliphatic carbocycles. The van der Waals surface area contributed by atoms with E-state index < -0.39 is 0 Å². The molecule has 1 aromatic heterocycles. The normalized spacial score (nSPS) is 11.6. The largest absolute Gasteiger partial charge is 0.354 e. The lowest BCUT2D eigenvalue weighted by Gasteiger charge is -2.11. The van der Waals surface area contributed by atoms with Gasteiger partial charge in [0.25, 0.3) is 0 Å². The van der Waals surface area contributed by atoms with Crippen LogP contribution < -0.4 is 5.73 Å². The zero-order valence-electron chi connectivity index (χ0n) is 16.5. The van der Waals surface area contributed by atoms with Gasteiger partial charge >= 0.3 is 0 Å². The molecule has 0 saturated carbocycles. The topological polar surface area (TPSA) is 41.8 Å². The summed E-state index contributed by atoms with van der Waals surface area (Å²) >= 11 is 0. The van der Waals surface area contributed by atoms with Crippen molar-refractivity contribution in [2.45, 2.75) is 40.0 Å². The Kier molecular flexibility index (Phi) is 4.75. The number of rotatable bonds is 5. The van der Waals surface area contributed by atoms with Crippen molar-refractivity contribution in [2.24, 2.45) is 5.73 Å². The summed E-state index contributed by atoms with van der Waals surface area (Å²) in [5, 5.41) is 4.04. The van der Waals surface area contributed by atoms with Crippen LogP contribution in [0.25, 0.3) is 32.9 Å². The van der Waals surface area contributed by atoms with Crippen LogP contribution in [0.4, 0.5) is 0 Å². The molecule has 0 saturated heterocycles. The van der Waals surface area contributed by atoms with Crippen molar-refractivity contribution in [3.05, 3.63) is 70.8 Å². The summed E-state index contributed by atoms with van der Waals surface area (Å²) < 4.78 is 0. The first-order valence-corrected chi connectivity index (χ1v) is 9.91. The fourth-order valence-corrected chi connectivity index (χ4v) is 4.28. The molecule has 0 fully saturated rings. The number of aromatic amines is 1. The van der Waals surface area contributed by atoms with E-state index in [1.54, 1.807) is 0 Å². The van der Waals surface area contributed by atoms with Crippen LogP contribution in [-0.4, -0.2) is 11.5 Å². The first-order valence-electron chi connectivity index (χ1n) is 9.91. The van der Waals surface area contributed by atoms with E-state index in [2.05, 4.69) is 74.3 Å². The molecule has 2 nitrogen and oxygen atoms in total. The maximum atomic E-state index is 5.77. The van der Waals surface area contributed by atoms with E-state index in [9.17, 15) is 0 Å². The van der Waals surface area contributed by atoms with Crippen molar-refractivity contribution < 1.29 is 0 Å². The molecular formula is C25H28N2. The fraction of sp³-hybridized carbons (Fsp3) is 0.280. The Morgan fingerprint density at radius 3 is 2.26 bits per heavy atom. The van der Waals surface area contributed by atoms with E-state index in [4.69, 9.17) is 5.73 Å². The second kappa shape index (κ2) is 7.21. The number of nitrogens with two attached hydrogens (primary N) is 1. The van der Waals surface area contributed by atoms with Crippen molar-refractivity contribution >= 4 is 21.7 Å². The van der Waals surface area contributed by atoms with Gasteiger partial charge in [-0.1, -0.05) is 48.5 Å². The Morgan fingerprint density at radius 2 is 1.48 bits per heavy atom. The fourth-order valence-electron chi connectivity index (χ4n) is 4.28. The van der Waals surface area contributed by atoms with Crippen LogP contribution in [-0.2, 0) is 6.42 Å². The summed E-state index contributed by atoms with van der Waals surface area (Å²) in [6.45, 7) is 7.36. The van der Waals surface area contributed by atoms with E-state index in [0.29, 0.717) is 0 Å². The van der Waals surface area contributed by atoms with Crippen molar-refractivity contribution in [1.29, 1.82) is 0 Å². The Balaban J connectivity index is 2.02. The number of unbranched alkanes of at least 4 members (excludes halogenated alkanes) is 1. The monoisotopic (exact) mass is 356 g/mol. The average molecular weight is 357 g/mol. The zero-order valence-corrected chi connectivity index (χ0v) is 16.5. The highest BCUT2D eigenvalue weighted by Gasteiger charge is 2.18. The van der Waals surface area contributed by atoms with Gasteiger partial charge in [-0.25, -0.2) is 0 Å². The van der Waals surface area contributed by atoms with E-state index in [0.717, 1.165) is 25.8 Å². The average Bonchev–Trinajstić information content (AvgIpc) is 3.06. The van der Waals surface area contributed by atoms with Gasteiger partial charge in [-0.15, -0.1) is 0 Å². The first kappa shape index (κ1) is 17.8. The molecule has 3 aromatic carbocycles.